The summed E-state index contributed by atoms with van der Waals surface area (Å²) in [7, 11) is -2.67. The second-order valence-electron chi connectivity index (χ2n) is 8.94. The van der Waals surface area contributed by atoms with Gasteiger partial charge in [-0.2, -0.15) is 0 Å². The van der Waals surface area contributed by atoms with E-state index in [9.17, 15) is 4.79 Å². The van der Waals surface area contributed by atoms with Crippen molar-refractivity contribution in [3.63, 3.8) is 0 Å². The Morgan fingerprint density at radius 1 is 1.09 bits per heavy atom. The molecule has 0 radical (unpaired) electrons. The zero-order valence-electron chi connectivity index (χ0n) is 18.9. The zero-order valence-corrected chi connectivity index (χ0v) is 20.7. The molecule has 0 bridgehead atoms. The molecule has 0 aliphatic heterocycles. The SMILES string of the molecule is CC(CO[Si](c1ccccc1)(c1ccccc1)C(C)(C)C)NC(=O)c1cc(Cl)ncc1N. The minimum atomic E-state index is -2.67. The van der Waals surface area contributed by atoms with Gasteiger partial charge in [0.15, 0.2) is 0 Å². The lowest BCUT2D eigenvalue weighted by molar-refractivity contribution is 0.0926. The topological polar surface area (TPSA) is 77.2 Å². The van der Waals surface area contributed by atoms with E-state index in [4.69, 9.17) is 21.8 Å². The van der Waals surface area contributed by atoms with Crippen molar-refractivity contribution in [2.24, 2.45) is 0 Å². The van der Waals surface area contributed by atoms with E-state index in [1.54, 1.807) is 0 Å². The van der Waals surface area contributed by atoms with E-state index in [0.717, 1.165) is 0 Å². The number of pyridine rings is 1. The molecule has 1 aromatic heterocycles. The molecule has 1 heterocycles. The first-order valence-electron chi connectivity index (χ1n) is 10.6. The number of nitrogens with two attached hydrogens (primary N) is 1. The third-order valence-electron chi connectivity index (χ3n) is 5.49. The van der Waals surface area contributed by atoms with E-state index >= 15 is 0 Å². The first-order chi connectivity index (χ1) is 15.1. The van der Waals surface area contributed by atoms with Gasteiger partial charge in [-0.05, 0) is 28.4 Å². The molecular formula is C25H30ClN3O2Si. The molecule has 0 saturated carbocycles. The number of anilines is 1. The largest absolute Gasteiger partial charge is 0.405 e. The van der Waals surface area contributed by atoms with Crippen molar-refractivity contribution >= 4 is 41.9 Å². The van der Waals surface area contributed by atoms with Crippen LogP contribution in [0.3, 0.4) is 0 Å². The van der Waals surface area contributed by atoms with Crippen molar-refractivity contribution < 1.29 is 9.22 Å². The Morgan fingerprint density at radius 2 is 1.62 bits per heavy atom. The van der Waals surface area contributed by atoms with Gasteiger partial charge in [0.05, 0.1) is 24.1 Å². The van der Waals surface area contributed by atoms with E-state index in [1.807, 2.05) is 19.1 Å². The Morgan fingerprint density at radius 3 is 2.12 bits per heavy atom. The first-order valence-corrected chi connectivity index (χ1v) is 12.9. The first kappa shape index (κ1) is 24.0. The van der Waals surface area contributed by atoms with Crippen molar-refractivity contribution in [1.29, 1.82) is 0 Å². The highest BCUT2D eigenvalue weighted by molar-refractivity contribution is 6.99. The predicted octanol–water partition coefficient (Wildman–Crippen LogP) is 4.01. The van der Waals surface area contributed by atoms with E-state index in [0.29, 0.717) is 12.2 Å². The molecule has 0 aliphatic rings. The van der Waals surface area contributed by atoms with E-state index in [-0.39, 0.29) is 27.8 Å². The molecule has 3 aromatic rings. The number of rotatable bonds is 7. The van der Waals surface area contributed by atoms with Crippen molar-refractivity contribution in [2.75, 3.05) is 12.3 Å². The summed E-state index contributed by atoms with van der Waals surface area (Å²) in [6.07, 6.45) is 1.39. The number of nitrogen functional groups attached to an aromatic ring is 1. The fraction of sp³-hybridized carbons (Fsp3) is 0.280. The van der Waals surface area contributed by atoms with Crippen LogP contribution >= 0.6 is 11.6 Å². The highest BCUT2D eigenvalue weighted by atomic mass is 35.5. The number of hydrogen-bond acceptors (Lipinski definition) is 4. The van der Waals surface area contributed by atoms with Crippen LogP contribution in [0, 0.1) is 0 Å². The molecule has 1 unspecified atom stereocenters. The van der Waals surface area contributed by atoms with Crippen LogP contribution in [0.15, 0.2) is 72.9 Å². The van der Waals surface area contributed by atoms with Gasteiger partial charge in [0.2, 0.25) is 0 Å². The quantitative estimate of drug-likeness (QED) is 0.406. The van der Waals surface area contributed by atoms with Gasteiger partial charge in [-0.15, -0.1) is 0 Å². The summed E-state index contributed by atoms with van der Waals surface area (Å²) in [5.41, 5.74) is 6.50. The molecule has 0 saturated heterocycles. The summed E-state index contributed by atoms with van der Waals surface area (Å²) < 4.78 is 6.87. The number of nitrogens with zero attached hydrogens (tertiary/aromatic N) is 1. The van der Waals surface area contributed by atoms with Gasteiger partial charge in [0.25, 0.3) is 14.2 Å². The maximum Gasteiger partial charge on any atom is 0.261 e. The minimum Gasteiger partial charge on any atom is -0.405 e. The molecule has 168 valence electrons. The van der Waals surface area contributed by atoms with Gasteiger partial charge in [0, 0.05) is 6.04 Å². The number of nitrogens with one attached hydrogen (secondary N) is 1. The number of aromatic nitrogens is 1. The number of hydrogen-bond donors (Lipinski definition) is 2. The van der Waals surface area contributed by atoms with Gasteiger partial charge in [-0.1, -0.05) is 93.0 Å². The monoisotopic (exact) mass is 467 g/mol. The smallest absolute Gasteiger partial charge is 0.261 e. The maximum atomic E-state index is 12.8. The van der Waals surface area contributed by atoms with Crippen LogP contribution in [0.5, 0.6) is 0 Å². The normalized spacial score (nSPS) is 12.9. The number of halogens is 1. The van der Waals surface area contributed by atoms with Crippen molar-refractivity contribution in [2.45, 2.75) is 38.8 Å². The molecule has 7 heteroatoms. The summed E-state index contributed by atoms with van der Waals surface area (Å²) in [6, 6.07) is 22.1. The highest BCUT2D eigenvalue weighted by Crippen LogP contribution is 2.36. The molecule has 5 nitrogen and oxygen atoms in total. The number of carbonyl (C=O) groups is 1. The molecule has 0 aliphatic carbocycles. The maximum absolute atomic E-state index is 12.8. The molecule has 0 fully saturated rings. The van der Waals surface area contributed by atoms with E-state index in [1.165, 1.54) is 22.6 Å². The van der Waals surface area contributed by atoms with Crippen LogP contribution < -0.4 is 21.4 Å². The Kier molecular flexibility index (Phi) is 7.39. The molecule has 2 aromatic carbocycles. The lowest BCUT2D eigenvalue weighted by Crippen LogP contribution is -2.67. The fourth-order valence-corrected chi connectivity index (χ4v) is 8.81. The average molecular weight is 468 g/mol. The Balaban J connectivity index is 1.89. The predicted molar refractivity (Wildman–Crippen MR) is 134 cm³/mol. The lowest BCUT2D eigenvalue weighted by Gasteiger charge is -2.43. The Bertz CT molecular complexity index is 1020. The Hall–Kier alpha value is -2.67. The van der Waals surface area contributed by atoms with Crippen LogP contribution in [0.1, 0.15) is 38.1 Å². The van der Waals surface area contributed by atoms with Crippen LogP contribution in [-0.4, -0.2) is 31.9 Å². The van der Waals surface area contributed by atoms with Crippen LogP contribution in [0.2, 0.25) is 10.2 Å². The third kappa shape index (κ3) is 5.04. The van der Waals surface area contributed by atoms with Gasteiger partial charge < -0.3 is 15.5 Å². The van der Waals surface area contributed by atoms with Crippen LogP contribution in [-0.2, 0) is 4.43 Å². The Labute approximate surface area is 196 Å². The number of carbonyl (C=O) groups excluding carboxylic acids is 1. The third-order valence-corrected chi connectivity index (χ3v) is 10.7. The molecular weight excluding hydrogens is 438 g/mol. The summed E-state index contributed by atoms with van der Waals surface area (Å²) >= 11 is 5.94. The standard InChI is InChI=1S/C25H30ClN3O2Si/c1-18(29-24(30)21-15-23(26)28-16-22(21)27)17-31-32(25(2,3)4,19-11-7-5-8-12-19)20-13-9-6-10-14-20/h5-16,18H,17,27H2,1-4H3,(H,29,30). The lowest BCUT2D eigenvalue weighted by atomic mass is 10.2. The zero-order chi connectivity index (χ0) is 23.4. The molecule has 3 N–H and O–H groups in total. The van der Waals surface area contributed by atoms with Crippen LogP contribution in [0.25, 0.3) is 0 Å². The minimum absolute atomic E-state index is 0.136. The van der Waals surface area contributed by atoms with Gasteiger partial charge >= 0.3 is 0 Å². The summed E-state index contributed by atoms with van der Waals surface area (Å²) in [4.78, 5) is 16.7. The van der Waals surface area contributed by atoms with Gasteiger partial charge in [-0.25, -0.2) is 4.98 Å². The second kappa shape index (κ2) is 9.86. The number of benzene rings is 2. The summed E-state index contributed by atoms with van der Waals surface area (Å²) in [6.45, 7) is 8.96. The van der Waals surface area contributed by atoms with E-state index < -0.39 is 8.32 Å². The summed E-state index contributed by atoms with van der Waals surface area (Å²) in [5, 5.41) is 5.46. The molecule has 3 rings (SSSR count). The van der Waals surface area contributed by atoms with Gasteiger partial charge in [0.1, 0.15) is 5.15 Å². The average Bonchev–Trinajstić information content (AvgIpc) is 2.76. The summed E-state index contributed by atoms with van der Waals surface area (Å²) in [5.74, 6) is -0.301. The van der Waals surface area contributed by atoms with Crippen LogP contribution in [0.4, 0.5) is 5.69 Å². The molecule has 1 atom stereocenters. The highest BCUT2D eigenvalue weighted by Gasteiger charge is 2.50. The van der Waals surface area contributed by atoms with E-state index in [2.05, 4.69) is 79.6 Å². The van der Waals surface area contributed by atoms with Crippen molar-refractivity contribution in [3.8, 4) is 0 Å². The molecule has 0 spiro atoms. The molecule has 1 amide bonds. The molecule has 32 heavy (non-hydrogen) atoms. The second-order valence-corrected chi connectivity index (χ2v) is 13.6. The number of amides is 1. The van der Waals surface area contributed by atoms with Gasteiger partial charge in [-0.3, -0.25) is 4.79 Å². The van der Waals surface area contributed by atoms with Crippen molar-refractivity contribution in [1.82, 2.24) is 10.3 Å². The van der Waals surface area contributed by atoms with Crippen molar-refractivity contribution in [3.05, 3.63) is 83.6 Å². The fourth-order valence-electron chi connectivity index (χ4n) is 3.99.